The molecule has 0 saturated heterocycles. The van der Waals surface area contributed by atoms with Crippen LogP contribution in [0.2, 0.25) is 0 Å². The van der Waals surface area contributed by atoms with Gasteiger partial charge in [-0.25, -0.2) is 4.79 Å². The third-order valence-electron chi connectivity index (χ3n) is 6.62. The van der Waals surface area contributed by atoms with Crippen molar-refractivity contribution in [2.75, 3.05) is 6.61 Å². The fourth-order valence-corrected chi connectivity index (χ4v) is 4.28. The van der Waals surface area contributed by atoms with Crippen molar-refractivity contribution in [3.05, 3.63) is 83.9 Å². The first kappa shape index (κ1) is 25.7. The van der Waals surface area contributed by atoms with Crippen LogP contribution in [0.1, 0.15) is 81.6 Å². The van der Waals surface area contributed by atoms with Gasteiger partial charge in [0, 0.05) is 0 Å². The first-order valence-corrected chi connectivity index (χ1v) is 13.1. The van der Waals surface area contributed by atoms with Crippen LogP contribution in [0.4, 0.5) is 0 Å². The van der Waals surface area contributed by atoms with Crippen molar-refractivity contribution in [3.8, 4) is 22.3 Å². The van der Waals surface area contributed by atoms with E-state index in [-0.39, 0.29) is 5.97 Å². The highest BCUT2D eigenvalue weighted by molar-refractivity contribution is 5.94. The summed E-state index contributed by atoms with van der Waals surface area (Å²) in [4.78, 5) is 12.8. The molecule has 34 heavy (non-hydrogen) atoms. The number of hydrogen-bond acceptors (Lipinski definition) is 2. The van der Waals surface area contributed by atoms with Crippen molar-refractivity contribution >= 4 is 5.97 Å². The van der Waals surface area contributed by atoms with E-state index < -0.39 is 0 Å². The van der Waals surface area contributed by atoms with Gasteiger partial charge in [0.05, 0.1) is 12.2 Å². The molecule has 0 bridgehead atoms. The second-order valence-electron chi connectivity index (χ2n) is 9.44. The maximum Gasteiger partial charge on any atom is 0.338 e. The van der Waals surface area contributed by atoms with Crippen LogP contribution in [0.5, 0.6) is 0 Å². The molecule has 0 saturated carbocycles. The highest BCUT2D eigenvalue weighted by Crippen LogP contribution is 2.33. The molecule has 0 fully saturated rings. The Morgan fingerprint density at radius 1 is 0.765 bits per heavy atom. The van der Waals surface area contributed by atoms with E-state index in [1.807, 2.05) is 18.2 Å². The molecule has 2 nitrogen and oxygen atoms in total. The topological polar surface area (TPSA) is 26.3 Å². The van der Waals surface area contributed by atoms with Crippen LogP contribution in [0.15, 0.2) is 72.8 Å². The van der Waals surface area contributed by atoms with E-state index in [0.29, 0.717) is 18.1 Å². The minimum atomic E-state index is -0.234. The number of unbranched alkanes of at least 4 members (excludes halogenated alkanes) is 5. The molecule has 3 aromatic carbocycles. The van der Waals surface area contributed by atoms with Crippen LogP contribution in [0.25, 0.3) is 22.3 Å². The molecule has 0 aliphatic carbocycles. The molecule has 3 aromatic rings. The summed E-state index contributed by atoms with van der Waals surface area (Å²) in [5, 5.41) is 0. The zero-order valence-corrected chi connectivity index (χ0v) is 21.2. The number of carbonyl (C=O) groups excluding carboxylic acids is 1. The van der Waals surface area contributed by atoms with Crippen LogP contribution < -0.4 is 0 Å². The average molecular weight is 457 g/mol. The van der Waals surface area contributed by atoms with Crippen molar-refractivity contribution in [1.82, 2.24) is 0 Å². The fraction of sp³-hybridized carbons (Fsp3) is 0.406. The molecule has 0 aliphatic rings. The van der Waals surface area contributed by atoms with E-state index in [9.17, 15) is 4.79 Å². The Morgan fingerprint density at radius 2 is 1.44 bits per heavy atom. The summed E-state index contributed by atoms with van der Waals surface area (Å²) in [6.45, 7) is 7.25. The van der Waals surface area contributed by atoms with Crippen LogP contribution >= 0.6 is 0 Å². The van der Waals surface area contributed by atoms with Gasteiger partial charge in [-0.1, -0.05) is 120 Å². The summed E-state index contributed by atoms with van der Waals surface area (Å²) in [5.74, 6) is 0.443. The Bertz CT molecular complexity index is 1000. The molecule has 0 heterocycles. The Morgan fingerprint density at radius 3 is 2.15 bits per heavy atom. The minimum absolute atomic E-state index is 0.234. The van der Waals surface area contributed by atoms with Crippen LogP contribution in [-0.2, 0) is 11.2 Å². The van der Waals surface area contributed by atoms with Crippen molar-refractivity contribution in [2.24, 2.45) is 5.92 Å². The molecule has 0 radical (unpaired) electrons. The summed E-state index contributed by atoms with van der Waals surface area (Å²) < 4.78 is 5.61. The molecule has 1 atom stereocenters. The Labute approximate surface area is 206 Å². The van der Waals surface area contributed by atoms with Crippen LogP contribution in [0.3, 0.4) is 0 Å². The molecule has 180 valence electrons. The quantitative estimate of drug-likeness (QED) is 0.189. The molecular formula is C32H40O2. The summed E-state index contributed by atoms with van der Waals surface area (Å²) in [7, 11) is 0. The van der Waals surface area contributed by atoms with Gasteiger partial charge in [-0.2, -0.15) is 0 Å². The number of ether oxygens (including phenoxy) is 1. The third kappa shape index (κ3) is 7.58. The summed E-state index contributed by atoms with van der Waals surface area (Å²) in [6, 6.07) is 25.1. The largest absolute Gasteiger partial charge is 0.462 e. The highest BCUT2D eigenvalue weighted by Gasteiger charge is 2.14. The molecule has 2 heteroatoms. The van der Waals surface area contributed by atoms with Gasteiger partial charge < -0.3 is 4.74 Å². The maximum absolute atomic E-state index is 12.8. The zero-order chi connectivity index (χ0) is 24.2. The summed E-state index contributed by atoms with van der Waals surface area (Å²) in [5.41, 5.74) is 6.43. The predicted molar refractivity (Wildman–Crippen MR) is 144 cm³/mol. The molecule has 0 amide bonds. The molecule has 0 N–H and O–H groups in total. The van der Waals surface area contributed by atoms with Gasteiger partial charge >= 0.3 is 5.97 Å². The first-order valence-electron chi connectivity index (χ1n) is 13.1. The lowest BCUT2D eigenvalue weighted by atomic mass is 9.91. The molecule has 0 aromatic heterocycles. The third-order valence-corrected chi connectivity index (χ3v) is 6.62. The second-order valence-corrected chi connectivity index (χ2v) is 9.44. The van der Waals surface area contributed by atoms with E-state index in [1.54, 1.807) is 0 Å². The van der Waals surface area contributed by atoms with Gasteiger partial charge in [-0.15, -0.1) is 0 Å². The number of rotatable bonds is 13. The maximum atomic E-state index is 12.8. The molecule has 3 rings (SSSR count). The summed E-state index contributed by atoms with van der Waals surface area (Å²) in [6.07, 6.45) is 9.34. The van der Waals surface area contributed by atoms with Gasteiger partial charge in [0.25, 0.3) is 0 Å². The zero-order valence-electron chi connectivity index (χ0n) is 21.2. The van der Waals surface area contributed by atoms with Crippen molar-refractivity contribution < 1.29 is 9.53 Å². The van der Waals surface area contributed by atoms with Crippen LogP contribution in [-0.4, -0.2) is 12.6 Å². The molecule has 0 spiro atoms. The van der Waals surface area contributed by atoms with E-state index in [1.165, 1.54) is 37.7 Å². The number of esters is 1. The Hall–Kier alpha value is -2.87. The Kier molecular flexibility index (Phi) is 10.4. The smallest absolute Gasteiger partial charge is 0.338 e. The van der Waals surface area contributed by atoms with Crippen LogP contribution in [0, 0.1) is 5.92 Å². The van der Waals surface area contributed by atoms with Gasteiger partial charge in [0.1, 0.15) is 0 Å². The van der Waals surface area contributed by atoms with E-state index in [2.05, 4.69) is 75.4 Å². The lowest BCUT2D eigenvalue weighted by Crippen LogP contribution is -2.07. The lowest BCUT2D eigenvalue weighted by molar-refractivity contribution is 0.0497. The number of carbonyl (C=O) groups is 1. The van der Waals surface area contributed by atoms with Crippen molar-refractivity contribution in [1.29, 1.82) is 0 Å². The average Bonchev–Trinajstić information content (AvgIpc) is 2.88. The molecular weight excluding hydrogens is 416 g/mol. The highest BCUT2D eigenvalue weighted by atomic mass is 16.5. The van der Waals surface area contributed by atoms with E-state index >= 15 is 0 Å². The summed E-state index contributed by atoms with van der Waals surface area (Å²) >= 11 is 0. The van der Waals surface area contributed by atoms with Crippen molar-refractivity contribution in [3.63, 3.8) is 0 Å². The number of benzene rings is 3. The molecule has 1 unspecified atom stereocenters. The van der Waals surface area contributed by atoms with Gasteiger partial charge in [-0.3, -0.25) is 0 Å². The second kappa shape index (κ2) is 13.7. The van der Waals surface area contributed by atoms with Gasteiger partial charge in [0.15, 0.2) is 0 Å². The van der Waals surface area contributed by atoms with Gasteiger partial charge in [0.2, 0.25) is 0 Å². The van der Waals surface area contributed by atoms with Gasteiger partial charge in [-0.05, 0) is 58.7 Å². The number of hydrogen-bond donors (Lipinski definition) is 0. The van der Waals surface area contributed by atoms with Crippen molar-refractivity contribution in [2.45, 2.75) is 72.1 Å². The monoisotopic (exact) mass is 456 g/mol. The first-order chi connectivity index (χ1) is 16.6. The van der Waals surface area contributed by atoms with E-state index in [4.69, 9.17) is 4.74 Å². The predicted octanol–water partition coefficient (Wildman–Crippen LogP) is 9.13. The normalized spacial score (nSPS) is 11.9. The minimum Gasteiger partial charge on any atom is -0.462 e. The molecule has 0 aliphatic heterocycles. The SMILES string of the molecule is CCCCCCCCOC(=O)c1ccc(-c2ccccc2)c(-c2ccc(CC(C)CC)cc2)c1. The lowest BCUT2D eigenvalue weighted by Gasteiger charge is -2.14. The van der Waals surface area contributed by atoms with E-state index in [0.717, 1.165) is 41.5 Å². The standard InChI is InChI=1S/C32H40O2/c1-4-6-7-8-9-13-22-34-32(33)29-20-21-30(27-14-11-10-12-15-27)31(24-29)28-18-16-26(17-19-28)23-25(3)5-2/h10-12,14-21,24-25H,4-9,13,22-23H2,1-3H3. The Balaban J connectivity index is 1.78. The fourth-order valence-electron chi connectivity index (χ4n) is 4.28.